The molecule has 0 fully saturated rings. The lowest BCUT2D eigenvalue weighted by molar-refractivity contribution is 0.606. The summed E-state index contributed by atoms with van der Waals surface area (Å²) in [5.41, 5.74) is 9.25. The van der Waals surface area contributed by atoms with Gasteiger partial charge in [0.1, 0.15) is 5.82 Å². The largest absolute Gasteiger partial charge is 0.331 e. The van der Waals surface area contributed by atoms with E-state index in [1.54, 1.807) is 0 Å². The molecule has 0 aliphatic carbocycles. The zero-order valence-electron chi connectivity index (χ0n) is 11.6. The quantitative estimate of drug-likeness (QED) is 0.880. The Labute approximate surface area is 109 Å². The van der Waals surface area contributed by atoms with E-state index >= 15 is 0 Å². The Balaban J connectivity index is 2.34. The van der Waals surface area contributed by atoms with Gasteiger partial charge < -0.3 is 10.3 Å². The molecule has 0 amide bonds. The van der Waals surface area contributed by atoms with Gasteiger partial charge in [-0.15, -0.1) is 0 Å². The third-order valence-electron chi connectivity index (χ3n) is 3.30. The molecule has 0 aliphatic rings. The summed E-state index contributed by atoms with van der Waals surface area (Å²) in [5.74, 6) is 1.81. The average molecular weight is 245 g/mol. The van der Waals surface area contributed by atoms with Crippen LogP contribution in [-0.2, 0) is 19.9 Å². The van der Waals surface area contributed by atoms with E-state index < -0.39 is 0 Å². The van der Waals surface area contributed by atoms with Crippen molar-refractivity contribution in [2.45, 2.75) is 33.1 Å². The van der Waals surface area contributed by atoms with Crippen LogP contribution < -0.4 is 5.73 Å². The van der Waals surface area contributed by atoms with E-state index in [2.05, 4.69) is 43.7 Å². The van der Waals surface area contributed by atoms with Crippen molar-refractivity contribution in [3.63, 3.8) is 0 Å². The molecule has 18 heavy (non-hydrogen) atoms. The minimum absolute atomic E-state index is 0.636. The standard InChI is InChI=1S/C15H23N3/c1-11(2)9-15-17-13-7-6-12(5-4-8-16)10-14(13)18(15)3/h6-7,10-11H,4-5,8-9,16H2,1-3H3. The van der Waals surface area contributed by atoms with E-state index in [-0.39, 0.29) is 0 Å². The molecule has 0 radical (unpaired) electrons. The molecule has 2 aromatic rings. The smallest absolute Gasteiger partial charge is 0.109 e. The molecule has 98 valence electrons. The predicted molar refractivity (Wildman–Crippen MR) is 76.6 cm³/mol. The molecule has 1 aromatic heterocycles. The second kappa shape index (κ2) is 5.53. The summed E-state index contributed by atoms with van der Waals surface area (Å²) in [6.45, 7) is 5.21. The molecule has 0 saturated heterocycles. The Morgan fingerprint density at radius 2 is 2.11 bits per heavy atom. The number of fused-ring (bicyclic) bond motifs is 1. The SMILES string of the molecule is CC(C)Cc1nc2ccc(CCCN)cc2n1C. The highest BCUT2D eigenvalue weighted by Crippen LogP contribution is 2.19. The molecular formula is C15H23N3. The highest BCUT2D eigenvalue weighted by atomic mass is 15.1. The van der Waals surface area contributed by atoms with Gasteiger partial charge in [0.05, 0.1) is 11.0 Å². The molecule has 0 atom stereocenters. The molecule has 2 N–H and O–H groups in total. The van der Waals surface area contributed by atoms with Gasteiger partial charge in [0, 0.05) is 13.5 Å². The average Bonchev–Trinajstić information content (AvgIpc) is 2.63. The van der Waals surface area contributed by atoms with E-state index in [0.717, 1.165) is 31.3 Å². The van der Waals surface area contributed by atoms with Gasteiger partial charge in [-0.25, -0.2) is 4.98 Å². The lowest BCUT2D eigenvalue weighted by Gasteiger charge is -2.05. The molecule has 0 aliphatic heterocycles. The fraction of sp³-hybridized carbons (Fsp3) is 0.533. The van der Waals surface area contributed by atoms with Crippen LogP contribution >= 0.6 is 0 Å². The fourth-order valence-corrected chi connectivity index (χ4v) is 2.29. The van der Waals surface area contributed by atoms with Crippen LogP contribution in [0.25, 0.3) is 11.0 Å². The second-order valence-corrected chi connectivity index (χ2v) is 5.40. The summed E-state index contributed by atoms with van der Waals surface area (Å²) in [4.78, 5) is 4.71. The number of imidazole rings is 1. The van der Waals surface area contributed by atoms with Crippen molar-refractivity contribution in [1.82, 2.24) is 9.55 Å². The maximum atomic E-state index is 5.56. The maximum Gasteiger partial charge on any atom is 0.109 e. The number of aromatic nitrogens is 2. The molecule has 1 heterocycles. The molecule has 0 spiro atoms. The van der Waals surface area contributed by atoms with E-state index in [1.165, 1.54) is 16.9 Å². The van der Waals surface area contributed by atoms with E-state index in [1.807, 2.05) is 0 Å². The first-order valence-corrected chi connectivity index (χ1v) is 6.76. The number of nitrogens with two attached hydrogens (primary N) is 1. The first-order valence-electron chi connectivity index (χ1n) is 6.76. The minimum Gasteiger partial charge on any atom is -0.331 e. The van der Waals surface area contributed by atoms with Crippen molar-refractivity contribution in [1.29, 1.82) is 0 Å². The molecule has 2 rings (SSSR count). The Hall–Kier alpha value is -1.35. The van der Waals surface area contributed by atoms with Crippen molar-refractivity contribution in [2.75, 3.05) is 6.54 Å². The summed E-state index contributed by atoms with van der Waals surface area (Å²) >= 11 is 0. The van der Waals surface area contributed by atoms with Crippen LogP contribution in [-0.4, -0.2) is 16.1 Å². The van der Waals surface area contributed by atoms with Crippen LogP contribution in [0.1, 0.15) is 31.7 Å². The predicted octanol–water partition coefficient (Wildman–Crippen LogP) is 2.66. The topological polar surface area (TPSA) is 43.8 Å². The van der Waals surface area contributed by atoms with Crippen LogP contribution in [0.15, 0.2) is 18.2 Å². The van der Waals surface area contributed by atoms with E-state index in [0.29, 0.717) is 5.92 Å². The Kier molecular flexibility index (Phi) is 4.02. The Morgan fingerprint density at radius 3 is 2.78 bits per heavy atom. The number of aryl methyl sites for hydroxylation is 2. The van der Waals surface area contributed by atoms with Gasteiger partial charge in [-0.3, -0.25) is 0 Å². The van der Waals surface area contributed by atoms with Crippen molar-refractivity contribution in [3.05, 3.63) is 29.6 Å². The fourth-order valence-electron chi connectivity index (χ4n) is 2.29. The number of hydrogen-bond acceptors (Lipinski definition) is 2. The molecule has 0 bridgehead atoms. The van der Waals surface area contributed by atoms with Crippen molar-refractivity contribution >= 4 is 11.0 Å². The van der Waals surface area contributed by atoms with Gasteiger partial charge in [0.15, 0.2) is 0 Å². The monoisotopic (exact) mass is 245 g/mol. The van der Waals surface area contributed by atoms with Gasteiger partial charge in [-0.1, -0.05) is 19.9 Å². The highest BCUT2D eigenvalue weighted by Gasteiger charge is 2.09. The molecule has 3 heteroatoms. The third kappa shape index (κ3) is 2.72. The summed E-state index contributed by atoms with van der Waals surface area (Å²) in [6, 6.07) is 6.55. The Morgan fingerprint density at radius 1 is 1.33 bits per heavy atom. The first-order chi connectivity index (χ1) is 8.61. The maximum absolute atomic E-state index is 5.56. The van der Waals surface area contributed by atoms with Crippen molar-refractivity contribution in [2.24, 2.45) is 18.7 Å². The zero-order valence-corrected chi connectivity index (χ0v) is 11.6. The minimum atomic E-state index is 0.636. The zero-order chi connectivity index (χ0) is 13.1. The highest BCUT2D eigenvalue weighted by molar-refractivity contribution is 5.76. The van der Waals surface area contributed by atoms with Gasteiger partial charge in [0.2, 0.25) is 0 Å². The summed E-state index contributed by atoms with van der Waals surface area (Å²) in [5, 5.41) is 0. The Bertz CT molecular complexity index is 526. The van der Waals surface area contributed by atoms with Crippen LogP contribution in [0.2, 0.25) is 0 Å². The van der Waals surface area contributed by atoms with Gasteiger partial charge in [-0.2, -0.15) is 0 Å². The van der Waals surface area contributed by atoms with Gasteiger partial charge in [0.25, 0.3) is 0 Å². The lowest BCUT2D eigenvalue weighted by Crippen LogP contribution is -2.02. The number of hydrogen-bond donors (Lipinski definition) is 1. The normalized spacial score (nSPS) is 11.6. The van der Waals surface area contributed by atoms with Gasteiger partial charge in [-0.05, 0) is 43.0 Å². The van der Waals surface area contributed by atoms with E-state index in [4.69, 9.17) is 10.7 Å². The molecular weight excluding hydrogens is 222 g/mol. The van der Waals surface area contributed by atoms with Crippen LogP contribution in [0.5, 0.6) is 0 Å². The third-order valence-corrected chi connectivity index (χ3v) is 3.30. The van der Waals surface area contributed by atoms with E-state index in [9.17, 15) is 0 Å². The molecule has 0 saturated carbocycles. The lowest BCUT2D eigenvalue weighted by atomic mass is 10.1. The van der Waals surface area contributed by atoms with Crippen LogP contribution in [0, 0.1) is 5.92 Å². The van der Waals surface area contributed by atoms with Crippen molar-refractivity contribution in [3.8, 4) is 0 Å². The van der Waals surface area contributed by atoms with Gasteiger partial charge >= 0.3 is 0 Å². The molecule has 1 aromatic carbocycles. The second-order valence-electron chi connectivity index (χ2n) is 5.40. The first kappa shape index (κ1) is 13.1. The van der Waals surface area contributed by atoms with Crippen LogP contribution in [0.3, 0.4) is 0 Å². The number of rotatable bonds is 5. The molecule has 0 unspecified atom stereocenters. The summed E-state index contributed by atoms with van der Waals surface area (Å²) in [7, 11) is 2.11. The number of benzene rings is 1. The van der Waals surface area contributed by atoms with Crippen LogP contribution in [0.4, 0.5) is 0 Å². The summed E-state index contributed by atoms with van der Waals surface area (Å²) < 4.78 is 2.22. The summed E-state index contributed by atoms with van der Waals surface area (Å²) in [6.07, 6.45) is 3.13. The number of nitrogens with zero attached hydrogens (tertiary/aromatic N) is 2. The van der Waals surface area contributed by atoms with Crippen molar-refractivity contribution < 1.29 is 0 Å². The molecule has 3 nitrogen and oxygen atoms in total.